The van der Waals surface area contributed by atoms with Crippen molar-refractivity contribution < 1.29 is 19.1 Å². The molecular weight excluding hydrogens is 993 g/mol. The molecule has 6 rings (SSSR count). The molecule has 4 aliphatic carbocycles. The fraction of sp³-hybridized carbons (Fsp3) is 0.733. The summed E-state index contributed by atoms with van der Waals surface area (Å²) in [5.41, 5.74) is 5.37. The second-order valence-corrected chi connectivity index (χ2v) is 27.0. The SMILES string of the molecule is CCCCCCCCCCCCCCc1ccc(N=Nc2ccc(OC(=O)CCCCCCCCC#CC#CCCCCCCCCC(=O)OC3CC[C@@]4(C)C(=CC[C@H]5[C@@H]6CC[C@H]([C@H](C)CCCC(C)C)[C@@]6(C)CC[C@@H]54)C3)cc2)cc1. The van der Waals surface area contributed by atoms with Gasteiger partial charge in [-0.25, -0.2) is 0 Å². The second kappa shape index (κ2) is 37.2. The maximum absolute atomic E-state index is 13.0. The van der Waals surface area contributed by atoms with Crippen LogP contribution in [0.2, 0.25) is 0 Å². The van der Waals surface area contributed by atoms with Gasteiger partial charge in [-0.3, -0.25) is 9.59 Å². The average molecular weight is 1110 g/mol. The molecule has 81 heavy (non-hydrogen) atoms. The normalized spacial score (nSPS) is 23.3. The summed E-state index contributed by atoms with van der Waals surface area (Å²) in [5.74, 6) is 18.1. The van der Waals surface area contributed by atoms with Crippen molar-refractivity contribution in [2.45, 2.75) is 304 Å². The maximum atomic E-state index is 13.0. The van der Waals surface area contributed by atoms with Gasteiger partial charge >= 0.3 is 11.9 Å². The van der Waals surface area contributed by atoms with E-state index in [1.54, 1.807) is 17.7 Å². The van der Waals surface area contributed by atoms with Gasteiger partial charge < -0.3 is 9.47 Å². The highest BCUT2D eigenvalue weighted by molar-refractivity contribution is 5.72. The number of fused-ring (bicyclic) bond motifs is 5. The highest BCUT2D eigenvalue weighted by Gasteiger charge is 2.59. The van der Waals surface area contributed by atoms with E-state index in [0.29, 0.717) is 29.4 Å². The Bertz CT molecular complexity index is 2290. The van der Waals surface area contributed by atoms with Crippen molar-refractivity contribution in [1.82, 2.24) is 0 Å². The van der Waals surface area contributed by atoms with Crippen LogP contribution in [-0.2, 0) is 20.7 Å². The number of ether oxygens (including phenoxy) is 2. The highest BCUT2D eigenvalue weighted by atomic mass is 16.5. The van der Waals surface area contributed by atoms with Crippen LogP contribution in [0.1, 0.15) is 298 Å². The molecule has 2 aromatic rings. The van der Waals surface area contributed by atoms with Gasteiger partial charge in [-0.2, -0.15) is 10.2 Å². The Morgan fingerprint density at radius 3 is 1.72 bits per heavy atom. The molecule has 3 saturated carbocycles. The van der Waals surface area contributed by atoms with E-state index in [2.05, 4.69) is 93.7 Å². The molecule has 0 bridgehead atoms. The Morgan fingerprint density at radius 2 is 1.12 bits per heavy atom. The van der Waals surface area contributed by atoms with Crippen LogP contribution in [0.5, 0.6) is 5.75 Å². The number of nitrogens with zero attached hydrogens (tertiary/aromatic N) is 2. The van der Waals surface area contributed by atoms with Crippen molar-refractivity contribution in [3.05, 3.63) is 65.7 Å². The number of carbonyl (C=O) groups excluding carboxylic acids is 2. The lowest BCUT2D eigenvalue weighted by atomic mass is 9.47. The topological polar surface area (TPSA) is 77.3 Å². The molecule has 0 amide bonds. The third-order valence-corrected chi connectivity index (χ3v) is 20.3. The van der Waals surface area contributed by atoms with Crippen LogP contribution in [0.3, 0.4) is 0 Å². The molecule has 0 N–H and O–H groups in total. The van der Waals surface area contributed by atoms with Crippen molar-refractivity contribution >= 4 is 23.3 Å². The van der Waals surface area contributed by atoms with Crippen LogP contribution in [-0.4, -0.2) is 18.0 Å². The van der Waals surface area contributed by atoms with E-state index in [1.807, 2.05) is 24.3 Å². The maximum Gasteiger partial charge on any atom is 0.311 e. The van der Waals surface area contributed by atoms with Gasteiger partial charge in [-0.1, -0.05) is 218 Å². The fourth-order valence-electron chi connectivity index (χ4n) is 15.4. The van der Waals surface area contributed by atoms with E-state index in [1.165, 1.54) is 160 Å². The van der Waals surface area contributed by atoms with Crippen LogP contribution in [0, 0.1) is 70.0 Å². The van der Waals surface area contributed by atoms with Crippen molar-refractivity contribution in [2.24, 2.45) is 56.6 Å². The second-order valence-electron chi connectivity index (χ2n) is 27.0. The number of hydrogen-bond acceptors (Lipinski definition) is 6. The predicted molar refractivity (Wildman–Crippen MR) is 340 cm³/mol. The first-order chi connectivity index (χ1) is 39.5. The quantitative estimate of drug-likeness (QED) is 0.0168. The minimum absolute atomic E-state index is 0.0180. The van der Waals surface area contributed by atoms with E-state index in [0.717, 1.165) is 137 Å². The van der Waals surface area contributed by atoms with Gasteiger partial charge in [0.15, 0.2) is 0 Å². The Kier molecular flexibility index (Phi) is 30.3. The molecule has 0 heterocycles. The molecular formula is C75H114N2O4. The molecule has 0 aliphatic heterocycles. The summed E-state index contributed by atoms with van der Waals surface area (Å²) >= 11 is 0. The van der Waals surface area contributed by atoms with Gasteiger partial charge in [0, 0.05) is 32.1 Å². The molecule has 8 atom stereocenters. The number of allylic oxidation sites excluding steroid dienone is 1. The molecule has 0 aromatic heterocycles. The van der Waals surface area contributed by atoms with Crippen LogP contribution >= 0.6 is 0 Å². The summed E-state index contributed by atoms with van der Waals surface area (Å²) in [5, 5.41) is 8.81. The zero-order valence-electron chi connectivity index (χ0n) is 52.5. The Labute approximate surface area is 496 Å². The van der Waals surface area contributed by atoms with E-state index >= 15 is 0 Å². The summed E-state index contributed by atoms with van der Waals surface area (Å²) in [7, 11) is 0. The zero-order chi connectivity index (χ0) is 57.4. The molecule has 0 spiro atoms. The Morgan fingerprint density at radius 1 is 0.580 bits per heavy atom. The monoisotopic (exact) mass is 1110 g/mol. The van der Waals surface area contributed by atoms with Gasteiger partial charge in [0.05, 0.1) is 11.4 Å². The number of carbonyl (C=O) groups is 2. The molecule has 6 heteroatoms. The molecule has 0 radical (unpaired) electrons. The molecule has 0 saturated heterocycles. The third-order valence-electron chi connectivity index (χ3n) is 20.3. The van der Waals surface area contributed by atoms with E-state index in [4.69, 9.17) is 9.47 Å². The largest absolute Gasteiger partial charge is 0.462 e. The predicted octanol–water partition coefficient (Wildman–Crippen LogP) is 22.5. The molecule has 6 nitrogen and oxygen atoms in total. The number of aryl methyl sites for hydroxylation is 1. The van der Waals surface area contributed by atoms with Crippen molar-refractivity contribution in [1.29, 1.82) is 0 Å². The minimum atomic E-state index is -0.188. The number of azo groups is 1. The van der Waals surface area contributed by atoms with Crippen molar-refractivity contribution in [2.75, 3.05) is 0 Å². The van der Waals surface area contributed by atoms with E-state index in [-0.39, 0.29) is 18.0 Å². The fourth-order valence-corrected chi connectivity index (χ4v) is 15.4. The summed E-state index contributed by atoms with van der Waals surface area (Å²) in [6, 6.07) is 15.7. The van der Waals surface area contributed by atoms with Gasteiger partial charge in [0.1, 0.15) is 11.9 Å². The number of esters is 2. The smallest absolute Gasteiger partial charge is 0.311 e. The van der Waals surface area contributed by atoms with Gasteiger partial charge in [0.25, 0.3) is 0 Å². The zero-order valence-corrected chi connectivity index (χ0v) is 52.5. The summed E-state index contributed by atoms with van der Waals surface area (Å²) in [4.78, 5) is 25.4. The van der Waals surface area contributed by atoms with E-state index < -0.39 is 0 Å². The van der Waals surface area contributed by atoms with Crippen LogP contribution in [0.4, 0.5) is 11.4 Å². The number of unbranched alkanes of at least 4 members (excludes halogenated alkanes) is 23. The molecule has 448 valence electrons. The average Bonchev–Trinajstić information content (AvgIpc) is 4.10. The van der Waals surface area contributed by atoms with Crippen molar-refractivity contribution in [3.8, 4) is 29.4 Å². The van der Waals surface area contributed by atoms with Gasteiger partial charge in [-0.05, 0) is 184 Å². The molecule has 3 fully saturated rings. The number of rotatable bonds is 38. The Balaban J connectivity index is 0.699. The summed E-state index contributed by atoms with van der Waals surface area (Å²) < 4.78 is 11.7. The molecule has 4 aliphatic rings. The minimum Gasteiger partial charge on any atom is -0.462 e. The lowest BCUT2D eigenvalue weighted by Crippen LogP contribution is -2.51. The first-order valence-electron chi connectivity index (χ1n) is 34.1. The summed E-state index contributed by atoms with van der Waals surface area (Å²) in [6.45, 7) is 14.9. The summed E-state index contributed by atoms with van der Waals surface area (Å²) in [6.07, 6.45) is 50.5. The highest BCUT2D eigenvalue weighted by Crippen LogP contribution is 2.67. The first-order valence-corrected chi connectivity index (χ1v) is 34.1. The van der Waals surface area contributed by atoms with E-state index in [9.17, 15) is 9.59 Å². The lowest BCUT2D eigenvalue weighted by Gasteiger charge is -2.58. The van der Waals surface area contributed by atoms with Crippen LogP contribution in [0.25, 0.3) is 0 Å². The van der Waals surface area contributed by atoms with Gasteiger partial charge in [0.2, 0.25) is 0 Å². The number of benzene rings is 2. The third kappa shape index (κ3) is 23.1. The Hall–Kier alpha value is -4.16. The van der Waals surface area contributed by atoms with Crippen molar-refractivity contribution in [3.63, 3.8) is 0 Å². The van der Waals surface area contributed by atoms with Gasteiger partial charge in [-0.15, -0.1) is 0 Å². The van der Waals surface area contributed by atoms with Crippen LogP contribution < -0.4 is 4.74 Å². The first kappa shape index (κ1) is 66.0. The molecule has 2 aromatic carbocycles. The lowest BCUT2D eigenvalue weighted by molar-refractivity contribution is -0.151. The number of hydrogen-bond donors (Lipinski definition) is 0. The standard InChI is InChI=1S/C75H114N2O4/c1-7-8-9-10-11-12-13-22-25-28-31-34-40-62-43-46-64(47-44-62)76-77-65-48-50-66(51-49-65)80-72(78)41-35-32-29-26-23-20-18-16-14-15-17-19-21-24-27-30-33-36-42-73(79)81-67-55-57-74(5)63(59-67)45-52-68-70-54-53-69(61(4)39-37-38-60(2)3)75(70,6)58-56-71(68)74/h43-51,60-61,67-71H,7-13,18-42,52-59H2,1-6H3/t61-,67?,68+,69-,70+,71+,74+,75-/m1/s1. The molecule has 1 unspecified atom stereocenters. The van der Waals surface area contributed by atoms with Crippen LogP contribution in [0.15, 0.2) is 70.4 Å².